The molecule has 0 saturated heterocycles. The second kappa shape index (κ2) is 8.19. The summed E-state index contributed by atoms with van der Waals surface area (Å²) in [6, 6.07) is 17.8. The molecule has 0 aliphatic rings. The van der Waals surface area contributed by atoms with Gasteiger partial charge in [-0.15, -0.1) is 11.3 Å². The molecule has 0 unspecified atom stereocenters. The maximum atomic E-state index is 5.57. The molecule has 6 heteroatoms. The van der Waals surface area contributed by atoms with Gasteiger partial charge in [-0.1, -0.05) is 32.0 Å². The molecule has 140 valence electrons. The Morgan fingerprint density at radius 2 is 1.93 bits per heavy atom. The topological polar surface area (TPSA) is 55.7 Å². The number of rotatable bonds is 5. The molecule has 0 aliphatic heterocycles. The Morgan fingerprint density at radius 3 is 2.61 bits per heavy atom. The molecule has 0 fully saturated rings. The third-order valence-electron chi connectivity index (χ3n) is 4.24. The van der Waals surface area contributed by atoms with Crippen LogP contribution >= 0.6 is 11.3 Å². The first-order chi connectivity index (χ1) is 13.7. The third kappa shape index (κ3) is 4.02. The van der Waals surface area contributed by atoms with E-state index in [1.165, 1.54) is 16.9 Å². The van der Waals surface area contributed by atoms with Crippen LogP contribution < -0.4 is 4.80 Å². The predicted octanol–water partition coefficient (Wildman–Crippen LogP) is 5.44. The molecule has 0 radical (unpaired) electrons. The van der Waals surface area contributed by atoms with E-state index in [2.05, 4.69) is 36.1 Å². The fourth-order valence-corrected chi connectivity index (χ4v) is 3.53. The van der Waals surface area contributed by atoms with Gasteiger partial charge in [-0.2, -0.15) is 5.10 Å². The summed E-state index contributed by atoms with van der Waals surface area (Å²) in [5.74, 6) is 1.24. The van der Waals surface area contributed by atoms with Crippen molar-refractivity contribution in [3.8, 4) is 11.5 Å². The van der Waals surface area contributed by atoms with E-state index in [0.29, 0.717) is 5.92 Å². The van der Waals surface area contributed by atoms with Crippen LogP contribution in [0.4, 0.5) is 5.69 Å². The van der Waals surface area contributed by atoms with Crippen LogP contribution in [0.25, 0.3) is 11.5 Å². The Balaban J connectivity index is 1.77. The van der Waals surface area contributed by atoms with E-state index in [1.54, 1.807) is 23.4 Å². The highest BCUT2D eigenvalue weighted by molar-refractivity contribution is 7.07. The van der Waals surface area contributed by atoms with Crippen molar-refractivity contribution >= 4 is 23.2 Å². The molecule has 5 nitrogen and oxygen atoms in total. The summed E-state index contributed by atoms with van der Waals surface area (Å²) in [7, 11) is 0. The van der Waals surface area contributed by atoms with E-state index in [0.717, 1.165) is 27.6 Å². The van der Waals surface area contributed by atoms with Gasteiger partial charge in [0.2, 0.25) is 4.80 Å². The second-order valence-corrected chi connectivity index (χ2v) is 7.39. The van der Waals surface area contributed by atoms with Crippen LogP contribution in [0.5, 0.6) is 0 Å². The Labute approximate surface area is 167 Å². The van der Waals surface area contributed by atoms with Gasteiger partial charge in [0.1, 0.15) is 5.69 Å². The van der Waals surface area contributed by atoms with Gasteiger partial charge in [0.15, 0.2) is 5.76 Å². The van der Waals surface area contributed by atoms with Crippen LogP contribution in [0.1, 0.15) is 31.0 Å². The Kier molecular flexibility index (Phi) is 5.30. The molecule has 0 amide bonds. The number of hydrogen-bond acceptors (Lipinski definition) is 5. The van der Waals surface area contributed by atoms with Crippen LogP contribution in [0.3, 0.4) is 0 Å². The zero-order valence-electron chi connectivity index (χ0n) is 15.7. The van der Waals surface area contributed by atoms with Crippen LogP contribution in [0.15, 0.2) is 86.9 Å². The Hall–Kier alpha value is -3.25. The van der Waals surface area contributed by atoms with E-state index < -0.39 is 0 Å². The monoisotopic (exact) mass is 388 g/mol. The summed E-state index contributed by atoms with van der Waals surface area (Å²) < 4.78 is 7.36. The predicted molar refractivity (Wildman–Crippen MR) is 113 cm³/mol. The van der Waals surface area contributed by atoms with Crippen molar-refractivity contribution in [2.75, 3.05) is 0 Å². The summed E-state index contributed by atoms with van der Waals surface area (Å²) in [6.07, 6.45) is 5.12. The highest BCUT2D eigenvalue weighted by Crippen LogP contribution is 2.22. The van der Waals surface area contributed by atoms with Crippen molar-refractivity contribution in [1.82, 2.24) is 9.66 Å². The first-order valence-corrected chi connectivity index (χ1v) is 9.93. The van der Waals surface area contributed by atoms with Gasteiger partial charge in [-0.05, 0) is 47.9 Å². The molecule has 3 aromatic heterocycles. The van der Waals surface area contributed by atoms with E-state index in [1.807, 2.05) is 47.8 Å². The van der Waals surface area contributed by atoms with Crippen LogP contribution in [-0.4, -0.2) is 15.9 Å². The number of furan rings is 1. The molecule has 0 aliphatic carbocycles. The van der Waals surface area contributed by atoms with Gasteiger partial charge < -0.3 is 4.42 Å². The molecule has 0 bridgehead atoms. The highest BCUT2D eigenvalue weighted by atomic mass is 32.1. The summed E-state index contributed by atoms with van der Waals surface area (Å²) in [5.41, 5.74) is 3.81. The molecule has 4 aromatic rings. The van der Waals surface area contributed by atoms with Gasteiger partial charge in [-0.25, -0.2) is 9.67 Å². The quantitative estimate of drug-likeness (QED) is 0.427. The lowest BCUT2D eigenvalue weighted by molar-refractivity contribution is 0.575. The normalized spacial score (nSPS) is 12.3. The lowest BCUT2D eigenvalue weighted by Gasteiger charge is -2.04. The highest BCUT2D eigenvalue weighted by Gasteiger charge is 2.10. The molecule has 1 aromatic carbocycles. The summed E-state index contributed by atoms with van der Waals surface area (Å²) in [5, 5.41) is 6.62. The molecular formula is C22H20N4OS. The van der Waals surface area contributed by atoms with Gasteiger partial charge in [-0.3, -0.25) is 4.98 Å². The summed E-state index contributed by atoms with van der Waals surface area (Å²) in [6.45, 7) is 4.36. The number of nitrogens with zero attached hydrogens (tertiary/aromatic N) is 4. The average Bonchev–Trinajstić information content (AvgIpc) is 3.37. The van der Waals surface area contributed by atoms with Gasteiger partial charge in [0.25, 0.3) is 0 Å². The maximum absolute atomic E-state index is 5.57. The number of hydrogen-bond donors (Lipinski definition) is 0. The maximum Gasteiger partial charge on any atom is 0.211 e. The SMILES string of the molecule is CC(C)c1ccc(N=c2scc(-c3ccco3)n2N=Cc2ccccn2)cc1. The van der Waals surface area contributed by atoms with Crippen molar-refractivity contribution in [1.29, 1.82) is 0 Å². The lowest BCUT2D eigenvalue weighted by atomic mass is 10.0. The minimum absolute atomic E-state index is 0.495. The van der Waals surface area contributed by atoms with Crippen molar-refractivity contribution in [2.24, 2.45) is 10.1 Å². The zero-order valence-corrected chi connectivity index (χ0v) is 16.5. The van der Waals surface area contributed by atoms with Crippen LogP contribution in [0, 0.1) is 0 Å². The number of aromatic nitrogens is 2. The largest absolute Gasteiger partial charge is 0.463 e. The number of pyridine rings is 1. The lowest BCUT2D eigenvalue weighted by Crippen LogP contribution is -2.11. The average molecular weight is 388 g/mol. The fourth-order valence-electron chi connectivity index (χ4n) is 2.70. The summed E-state index contributed by atoms with van der Waals surface area (Å²) in [4.78, 5) is 9.85. The van der Waals surface area contributed by atoms with Crippen molar-refractivity contribution in [3.63, 3.8) is 0 Å². The fraction of sp³-hybridized carbons (Fsp3) is 0.136. The van der Waals surface area contributed by atoms with Crippen molar-refractivity contribution in [2.45, 2.75) is 19.8 Å². The van der Waals surface area contributed by atoms with E-state index in [9.17, 15) is 0 Å². The number of thiazole rings is 1. The van der Waals surface area contributed by atoms with Crippen LogP contribution in [0.2, 0.25) is 0 Å². The molecule has 0 spiro atoms. The third-order valence-corrected chi connectivity index (χ3v) is 5.05. The minimum atomic E-state index is 0.495. The van der Waals surface area contributed by atoms with Gasteiger partial charge in [0.05, 0.1) is 23.9 Å². The Bertz CT molecular complexity index is 1120. The summed E-state index contributed by atoms with van der Waals surface area (Å²) >= 11 is 1.52. The Morgan fingerprint density at radius 1 is 1.07 bits per heavy atom. The first-order valence-electron chi connectivity index (χ1n) is 9.05. The first kappa shape index (κ1) is 18.1. The van der Waals surface area contributed by atoms with Gasteiger partial charge in [0, 0.05) is 11.6 Å². The van der Waals surface area contributed by atoms with Gasteiger partial charge >= 0.3 is 0 Å². The molecule has 3 heterocycles. The number of benzene rings is 1. The molecule has 0 saturated carbocycles. The molecule has 28 heavy (non-hydrogen) atoms. The van der Waals surface area contributed by atoms with Crippen LogP contribution in [-0.2, 0) is 0 Å². The standard InChI is InChI=1S/C22H20N4OS/c1-16(2)17-8-10-18(11-9-17)25-22-26(24-14-19-6-3-4-12-23-19)20(15-28-22)21-7-5-13-27-21/h3-16H,1-2H3. The second-order valence-electron chi connectivity index (χ2n) is 6.55. The molecular weight excluding hydrogens is 368 g/mol. The molecule has 4 rings (SSSR count). The van der Waals surface area contributed by atoms with E-state index in [4.69, 9.17) is 9.41 Å². The van der Waals surface area contributed by atoms with E-state index in [-0.39, 0.29) is 0 Å². The van der Waals surface area contributed by atoms with Crippen molar-refractivity contribution in [3.05, 3.63) is 88.5 Å². The molecule has 0 atom stereocenters. The van der Waals surface area contributed by atoms with E-state index >= 15 is 0 Å². The van der Waals surface area contributed by atoms with Crippen molar-refractivity contribution < 1.29 is 4.42 Å². The smallest absolute Gasteiger partial charge is 0.211 e. The minimum Gasteiger partial charge on any atom is -0.463 e. The zero-order chi connectivity index (χ0) is 19.3. The molecule has 0 N–H and O–H groups in total.